The fourth-order valence-electron chi connectivity index (χ4n) is 2.05. The minimum absolute atomic E-state index is 0.142. The molecule has 2 aromatic rings. The average molecular weight is 309 g/mol. The van der Waals surface area contributed by atoms with Gasteiger partial charge in [-0.3, -0.25) is 4.98 Å². The summed E-state index contributed by atoms with van der Waals surface area (Å²) in [6, 6.07) is 3.75. The summed E-state index contributed by atoms with van der Waals surface area (Å²) in [4.78, 5) is 8.57. The van der Waals surface area contributed by atoms with Crippen LogP contribution in [-0.2, 0) is 6.42 Å². The maximum atomic E-state index is 6.15. The smallest absolute Gasteiger partial charge is 0.228 e. The van der Waals surface area contributed by atoms with Crippen molar-refractivity contribution in [3.63, 3.8) is 0 Å². The van der Waals surface area contributed by atoms with Crippen LogP contribution in [-0.4, -0.2) is 20.7 Å². The van der Waals surface area contributed by atoms with Crippen molar-refractivity contribution in [3.05, 3.63) is 28.7 Å². The molecule has 1 aliphatic rings. The molecule has 2 N–H and O–H groups in total. The predicted octanol–water partition coefficient (Wildman–Crippen LogP) is 2.32. The lowest BCUT2D eigenvalue weighted by Crippen LogP contribution is -2.48. The van der Waals surface area contributed by atoms with Gasteiger partial charge in [0.1, 0.15) is 5.69 Å². The summed E-state index contributed by atoms with van der Waals surface area (Å²) in [6.07, 6.45) is 5.60. The van der Waals surface area contributed by atoms with Gasteiger partial charge in [-0.15, -0.1) is 0 Å². The summed E-state index contributed by atoms with van der Waals surface area (Å²) in [5, 5.41) is 3.94. The molecule has 1 aliphatic carbocycles. The van der Waals surface area contributed by atoms with Crippen molar-refractivity contribution in [2.45, 2.75) is 31.2 Å². The number of pyridine rings is 1. The van der Waals surface area contributed by atoms with Crippen molar-refractivity contribution < 1.29 is 4.52 Å². The van der Waals surface area contributed by atoms with Crippen molar-refractivity contribution in [1.82, 2.24) is 15.1 Å². The van der Waals surface area contributed by atoms with E-state index in [2.05, 4.69) is 31.1 Å². The van der Waals surface area contributed by atoms with E-state index in [1.165, 1.54) is 6.42 Å². The molecule has 1 saturated carbocycles. The van der Waals surface area contributed by atoms with Gasteiger partial charge in [0.25, 0.3) is 0 Å². The van der Waals surface area contributed by atoms with Gasteiger partial charge in [-0.2, -0.15) is 4.98 Å². The van der Waals surface area contributed by atoms with Crippen molar-refractivity contribution in [3.8, 4) is 11.5 Å². The molecule has 2 heterocycles. The van der Waals surface area contributed by atoms with Crippen molar-refractivity contribution in [2.24, 2.45) is 5.73 Å². The second kappa shape index (κ2) is 4.44. The molecule has 18 heavy (non-hydrogen) atoms. The van der Waals surface area contributed by atoms with Crippen molar-refractivity contribution in [2.75, 3.05) is 0 Å². The highest BCUT2D eigenvalue weighted by atomic mass is 79.9. The molecule has 0 amide bonds. The van der Waals surface area contributed by atoms with Crippen molar-refractivity contribution in [1.29, 1.82) is 0 Å². The van der Waals surface area contributed by atoms with E-state index in [0.717, 1.165) is 17.3 Å². The van der Waals surface area contributed by atoms with Crippen LogP contribution in [0, 0.1) is 0 Å². The molecular formula is C12H13BrN4O. The standard InChI is InChI=1S/C12H13BrN4O/c13-8-2-3-9(15-7-8)11-16-10(18-17-11)6-12(14)4-1-5-12/h2-3,7H,1,4-6,14H2. The number of hydrogen-bond donors (Lipinski definition) is 1. The second-order valence-corrected chi connectivity index (χ2v) is 5.68. The minimum Gasteiger partial charge on any atom is -0.339 e. The number of rotatable bonds is 3. The Balaban J connectivity index is 1.78. The van der Waals surface area contributed by atoms with E-state index in [1.54, 1.807) is 6.20 Å². The molecule has 0 radical (unpaired) electrons. The summed E-state index contributed by atoms with van der Waals surface area (Å²) in [5.41, 5.74) is 6.71. The van der Waals surface area contributed by atoms with Gasteiger partial charge >= 0.3 is 0 Å². The Bertz CT molecular complexity index is 547. The molecule has 0 atom stereocenters. The molecule has 0 spiro atoms. The van der Waals surface area contributed by atoms with Crippen LogP contribution in [0.2, 0.25) is 0 Å². The Morgan fingerprint density at radius 3 is 2.83 bits per heavy atom. The zero-order valence-electron chi connectivity index (χ0n) is 9.77. The van der Waals surface area contributed by atoms with Gasteiger partial charge in [0.2, 0.25) is 11.7 Å². The van der Waals surface area contributed by atoms with Gasteiger partial charge in [-0.05, 0) is 47.3 Å². The molecule has 0 saturated heterocycles. The molecule has 0 unspecified atom stereocenters. The van der Waals surface area contributed by atoms with Gasteiger partial charge in [-0.25, -0.2) is 0 Å². The predicted molar refractivity (Wildman–Crippen MR) is 69.7 cm³/mol. The third kappa shape index (κ3) is 2.30. The quantitative estimate of drug-likeness (QED) is 0.941. The van der Waals surface area contributed by atoms with Gasteiger partial charge in [0, 0.05) is 22.6 Å². The van der Waals surface area contributed by atoms with Crippen LogP contribution in [0.1, 0.15) is 25.2 Å². The van der Waals surface area contributed by atoms with Gasteiger partial charge in [-0.1, -0.05) is 5.16 Å². The van der Waals surface area contributed by atoms with E-state index in [1.807, 2.05) is 12.1 Å². The van der Waals surface area contributed by atoms with E-state index in [0.29, 0.717) is 23.8 Å². The highest BCUT2D eigenvalue weighted by Gasteiger charge is 2.34. The molecule has 5 nitrogen and oxygen atoms in total. The first-order chi connectivity index (χ1) is 8.65. The molecule has 2 aromatic heterocycles. The molecule has 6 heteroatoms. The molecule has 0 bridgehead atoms. The third-order valence-electron chi connectivity index (χ3n) is 3.28. The lowest BCUT2D eigenvalue weighted by Gasteiger charge is -2.36. The first-order valence-electron chi connectivity index (χ1n) is 5.88. The fraction of sp³-hybridized carbons (Fsp3) is 0.417. The third-order valence-corrected chi connectivity index (χ3v) is 3.75. The highest BCUT2D eigenvalue weighted by molar-refractivity contribution is 9.10. The van der Waals surface area contributed by atoms with Gasteiger partial charge < -0.3 is 10.3 Å². The molecule has 3 rings (SSSR count). The number of aromatic nitrogens is 3. The van der Waals surface area contributed by atoms with Crippen LogP contribution < -0.4 is 5.73 Å². The van der Waals surface area contributed by atoms with Crippen LogP contribution in [0.15, 0.2) is 27.3 Å². The SMILES string of the molecule is NC1(Cc2nc(-c3ccc(Br)cn3)no2)CCC1. The summed E-state index contributed by atoms with van der Waals surface area (Å²) < 4.78 is 6.15. The Morgan fingerprint density at radius 1 is 1.39 bits per heavy atom. The number of nitrogens with two attached hydrogens (primary N) is 1. The summed E-state index contributed by atoms with van der Waals surface area (Å²) in [5.74, 6) is 1.11. The summed E-state index contributed by atoms with van der Waals surface area (Å²) in [6.45, 7) is 0. The van der Waals surface area contributed by atoms with Crippen LogP contribution >= 0.6 is 15.9 Å². The first kappa shape index (κ1) is 11.8. The van der Waals surface area contributed by atoms with E-state index in [4.69, 9.17) is 10.3 Å². The largest absolute Gasteiger partial charge is 0.339 e. The first-order valence-corrected chi connectivity index (χ1v) is 6.67. The Hall–Kier alpha value is -1.27. The second-order valence-electron chi connectivity index (χ2n) is 4.77. The summed E-state index contributed by atoms with van der Waals surface area (Å²) in [7, 11) is 0. The Labute approximate surface area is 113 Å². The lowest BCUT2D eigenvalue weighted by molar-refractivity contribution is 0.222. The fourth-order valence-corrected chi connectivity index (χ4v) is 2.28. The maximum Gasteiger partial charge on any atom is 0.228 e. The topological polar surface area (TPSA) is 77.8 Å². The molecule has 0 aliphatic heterocycles. The summed E-state index contributed by atoms with van der Waals surface area (Å²) >= 11 is 3.34. The van der Waals surface area contributed by atoms with E-state index >= 15 is 0 Å². The highest BCUT2D eigenvalue weighted by Crippen LogP contribution is 2.32. The number of halogens is 1. The number of hydrogen-bond acceptors (Lipinski definition) is 5. The average Bonchev–Trinajstić information content (AvgIpc) is 2.76. The molecule has 0 aromatic carbocycles. The van der Waals surface area contributed by atoms with E-state index < -0.39 is 0 Å². The lowest BCUT2D eigenvalue weighted by atomic mass is 9.75. The Morgan fingerprint density at radius 2 is 2.22 bits per heavy atom. The number of nitrogens with zero attached hydrogens (tertiary/aromatic N) is 3. The van der Waals surface area contributed by atoms with Gasteiger partial charge in [0.05, 0.1) is 0 Å². The Kier molecular flexibility index (Phi) is 2.91. The zero-order chi connectivity index (χ0) is 12.6. The molecule has 94 valence electrons. The molecule has 1 fully saturated rings. The van der Waals surface area contributed by atoms with Crippen LogP contribution in [0.4, 0.5) is 0 Å². The van der Waals surface area contributed by atoms with Crippen LogP contribution in [0.5, 0.6) is 0 Å². The van der Waals surface area contributed by atoms with Gasteiger partial charge in [0.15, 0.2) is 0 Å². The van der Waals surface area contributed by atoms with E-state index in [-0.39, 0.29) is 5.54 Å². The minimum atomic E-state index is -0.142. The van der Waals surface area contributed by atoms with Crippen LogP contribution in [0.25, 0.3) is 11.5 Å². The van der Waals surface area contributed by atoms with Crippen molar-refractivity contribution >= 4 is 15.9 Å². The molecular weight excluding hydrogens is 296 g/mol. The van der Waals surface area contributed by atoms with E-state index in [9.17, 15) is 0 Å². The normalized spacial score (nSPS) is 17.4. The monoisotopic (exact) mass is 308 g/mol. The maximum absolute atomic E-state index is 6.15. The van der Waals surface area contributed by atoms with Crippen LogP contribution in [0.3, 0.4) is 0 Å². The zero-order valence-corrected chi connectivity index (χ0v) is 11.4.